The van der Waals surface area contributed by atoms with Gasteiger partial charge in [0.15, 0.2) is 12.6 Å². The molecule has 6 nitrogen and oxygen atoms in total. The van der Waals surface area contributed by atoms with Gasteiger partial charge in [-0.15, -0.1) is 0 Å². The Morgan fingerprint density at radius 3 is 1.96 bits per heavy atom. The Hall–Kier alpha value is -1.80. The molecule has 6 atom stereocenters. The highest BCUT2D eigenvalue weighted by Gasteiger charge is 2.47. The van der Waals surface area contributed by atoms with Crippen LogP contribution in [-0.2, 0) is 18.9 Å². The number of hydrogen-bond donors (Lipinski definition) is 2. The summed E-state index contributed by atoms with van der Waals surface area (Å²) in [6.45, 7) is -0.227. The Balaban J connectivity index is 1.57. The molecule has 2 aliphatic rings. The summed E-state index contributed by atoms with van der Waals surface area (Å²) in [6, 6.07) is 18.9. The highest BCUT2D eigenvalue weighted by Crippen LogP contribution is 2.38. The van der Waals surface area contributed by atoms with E-state index in [1.54, 1.807) is 0 Å². The predicted molar refractivity (Wildman–Crippen MR) is 92.0 cm³/mol. The second-order valence-corrected chi connectivity index (χ2v) is 6.44. The summed E-state index contributed by atoms with van der Waals surface area (Å²) in [6.07, 6.45) is -4.13. The fourth-order valence-electron chi connectivity index (χ4n) is 3.34. The van der Waals surface area contributed by atoms with Crippen LogP contribution in [0.1, 0.15) is 23.7 Å². The van der Waals surface area contributed by atoms with Crippen LogP contribution in [0.25, 0.3) is 0 Å². The summed E-state index contributed by atoms with van der Waals surface area (Å²) in [5.74, 6) is 0. The third-order valence-corrected chi connectivity index (χ3v) is 4.67. The van der Waals surface area contributed by atoms with Crippen molar-refractivity contribution in [1.82, 2.24) is 0 Å². The molecule has 0 saturated carbocycles. The standard InChI is InChI=1S/C20H22O6/c21-11-16-18-17(25-20(26-18)14-9-5-2-6-10-14)15(22)12-23-19(24-16)13-7-3-1-4-8-13/h1-10,15-22H,11-12H2/t15-,16+,17+,18+,19?,20?/m1/s1. The van der Waals surface area contributed by atoms with E-state index in [1.165, 1.54) is 0 Å². The largest absolute Gasteiger partial charge is 0.394 e. The van der Waals surface area contributed by atoms with Crippen LogP contribution in [0.3, 0.4) is 0 Å². The first-order chi connectivity index (χ1) is 12.8. The van der Waals surface area contributed by atoms with Crippen LogP contribution in [-0.4, -0.2) is 47.8 Å². The number of hydrogen-bond acceptors (Lipinski definition) is 6. The van der Waals surface area contributed by atoms with E-state index in [1.807, 2.05) is 60.7 Å². The summed E-state index contributed by atoms with van der Waals surface area (Å²) in [4.78, 5) is 0. The number of aliphatic hydroxyl groups is 2. The Bertz CT molecular complexity index is 694. The van der Waals surface area contributed by atoms with Crippen LogP contribution in [0.4, 0.5) is 0 Å². The van der Waals surface area contributed by atoms with Gasteiger partial charge in [0.25, 0.3) is 0 Å². The molecule has 4 rings (SSSR count). The average molecular weight is 358 g/mol. The van der Waals surface area contributed by atoms with Crippen LogP contribution in [0.15, 0.2) is 60.7 Å². The third kappa shape index (κ3) is 3.53. The zero-order valence-corrected chi connectivity index (χ0v) is 14.2. The normalized spacial score (nSPS) is 34.7. The van der Waals surface area contributed by atoms with Gasteiger partial charge in [0.2, 0.25) is 0 Å². The molecule has 2 aromatic rings. The topological polar surface area (TPSA) is 77.4 Å². The summed E-state index contributed by atoms with van der Waals surface area (Å²) >= 11 is 0. The first-order valence-corrected chi connectivity index (χ1v) is 8.73. The molecule has 2 heterocycles. The molecule has 0 radical (unpaired) electrons. The SMILES string of the molecule is OC[C@@H]1OC(c2ccccc2)OC[C@@H](O)[C@@H]2OC(c3ccccc3)O[C@H]21. The van der Waals surface area contributed by atoms with Crippen molar-refractivity contribution < 1.29 is 29.2 Å². The summed E-state index contributed by atoms with van der Waals surface area (Å²) in [7, 11) is 0. The van der Waals surface area contributed by atoms with Gasteiger partial charge in [-0.3, -0.25) is 0 Å². The molecule has 0 bridgehead atoms. The molecule has 0 aliphatic carbocycles. The average Bonchev–Trinajstić information content (AvgIpc) is 3.13. The van der Waals surface area contributed by atoms with E-state index in [4.69, 9.17) is 18.9 Å². The predicted octanol–water partition coefficient (Wildman–Crippen LogP) is 1.94. The third-order valence-electron chi connectivity index (χ3n) is 4.67. The van der Waals surface area contributed by atoms with Gasteiger partial charge in [-0.25, -0.2) is 0 Å². The van der Waals surface area contributed by atoms with E-state index in [2.05, 4.69) is 0 Å². The van der Waals surface area contributed by atoms with E-state index < -0.39 is 37.0 Å². The lowest BCUT2D eigenvalue weighted by Crippen LogP contribution is -2.49. The fourth-order valence-corrected chi connectivity index (χ4v) is 3.34. The minimum Gasteiger partial charge on any atom is -0.394 e. The maximum atomic E-state index is 10.6. The Morgan fingerprint density at radius 2 is 1.35 bits per heavy atom. The maximum absolute atomic E-state index is 10.6. The second-order valence-electron chi connectivity index (χ2n) is 6.44. The molecule has 2 saturated heterocycles. The van der Waals surface area contributed by atoms with Gasteiger partial charge in [0.1, 0.15) is 24.4 Å². The Morgan fingerprint density at radius 1 is 0.769 bits per heavy atom. The van der Waals surface area contributed by atoms with Gasteiger partial charge >= 0.3 is 0 Å². The molecule has 0 aromatic heterocycles. The molecular formula is C20H22O6. The lowest BCUT2D eigenvalue weighted by Gasteiger charge is -2.34. The molecule has 0 amide bonds. The number of ether oxygens (including phenoxy) is 4. The van der Waals surface area contributed by atoms with Crippen molar-refractivity contribution in [3.05, 3.63) is 71.8 Å². The monoisotopic (exact) mass is 358 g/mol. The first-order valence-electron chi connectivity index (χ1n) is 8.73. The van der Waals surface area contributed by atoms with Crippen molar-refractivity contribution in [2.45, 2.75) is 37.0 Å². The molecule has 2 fully saturated rings. The first kappa shape index (κ1) is 17.6. The van der Waals surface area contributed by atoms with Crippen molar-refractivity contribution in [2.75, 3.05) is 13.2 Å². The number of aliphatic hydroxyl groups excluding tert-OH is 2. The van der Waals surface area contributed by atoms with Crippen LogP contribution in [0, 0.1) is 0 Å². The summed E-state index contributed by atoms with van der Waals surface area (Å²) in [5, 5.41) is 20.4. The Labute approximate surface area is 151 Å². The minimum absolute atomic E-state index is 0.0454. The molecule has 2 aromatic carbocycles. The van der Waals surface area contributed by atoms with Gasteiger partial charge in [0, 0.05) is 11.1 Å². The van der Waals surface area contributed by atoms with E-state index in [0.29, 0.717) is 0 Å². The van der Waals surface area contributed by atoms with Crippen LogP contribution in [0.5, 0.6) is 0 Å². The molecule has 138 valence electrons. The lowest BCUT2D eigenvalue weighted by atomic mass is 10.0. The fraction of sp³-hybridized carbons (Fsp3) is 0.400. The molecule has 6 heteroatoms. The minimum atomic E-state index is -0.891. The number of fused-ring (bicyclic) bond motifs is 1. The quantitative estimate of drug-likeness (QED) is 0.873. The molecule has 0 spiro atoms. The maximum Gasteiger partial charge on any atom is 0.184 e. The highest BCUT2D eigenvalue weighted by molar-refractivity contribution is 5.18. The van der Waals surface area contributed by atoms with Crippen molar-refractivity contribution in [2.24, 2.45) is 0 Å². The van der Waals surface area contributed by atoms with Crippen molar-refractivity contribution in [3.63, 3.8) is 0 Å². The van der Waals surface area contributed by atoms with Crippen LogP contribution in [0.2, 0.25) is 0 Å². The molecule has 2 aliphatic heterocycles. The molecule has 2 unspecified atom stereocenters. The molecule has 26 heavy (non-hydrogen) atoms. The van der Waals surface area contributed by atoms with Crippen molar-refractivity contribution in [1.29, 1.82) is 0 Å². The van der Waals surface area contributed by atoms with Gasteiger partial charge in [-0.05, 0) is 0 Å². The van der Waals surface area contributed by atoms with Gasteiger partial charge in [-0.2, -0.15) is 0 Å². The van der Waals surface area contributed by atoms with Crippen LogP contribution >= 0.6 is 0 Å². The van der Waals surface area contributed by atoms with E-state index in [9.17, 15) is 10.2 Å². The highest BCUT2D eigenvalue weighted by atomic mass is 16.8. The zero-order valence-electron chi connectivity index (χ0n) is 14.2. The van der Waals surface area contributed by atoms with E-state index in [-0.39, 0.29) is 13.2 Å². The van der Waals surface area contributed by atoms with Gasteiger partial charge < -0.3 is 29.2 Å². The summed E-state index contributed by atoms with van der Waals surface area (Å²) in [5.41, 5.74) is 1.67. The van der Waals surface area contributed by atoms with Crippen LogP contribution < -0.4 is 0 Å². The van der Waals surface area contributed by atoms with Crippen molar-refractivity contribution in [3.8, 4) is 0 Å². The zero-order chi connectivity index (χ0) is 17.9. The van der Waals surface area contributed by atoms with Gasteiger partial charge in [-0.1, -0.05) is 60.7 Å². The second kappa shape index (κ2) is 7.84. The number of benzene rings is 2. The Kier molecular flexibility index (Phi) is 5.31. The molecule has 2 N–H and O–H groups in total. The molecular weight excluding hydrogens is 336 g/mol. The lowest BCUT2D eigenvalue weighted by molar-refractivity contribution is -0.239. The van der Waals surface area contributed by atoms with Gasteiger partial charge in [0.05, 0.1) is 13.2 Å². The van der Waals surface area contributed by atoms with E-state index >= 15 is 0 Å². The van der Waals surface area contributed by atoms with E-state index in [0.717, 1.165) is 11.1 Å². The number of rotatable bonds is 3. The summed E-state index contributed by atoms with van der Waals surface area (Å²) < 4.78 is 23.7. The van der Waals surface area contributed by atoms with Crippen molar-refractivity contribution >= 4 is 0 Å². The smallest absolute Gasteiger partial charge is 0.184 e.